The average molecular weight is 251 g/mol. The maximum Gasteiger partial charge on any atom is 0.329 e. The first-order valence-electron chi connectivity index (χ1n) is 5.95. The van der Waals surface area contributed by atoms with E-state index in [0.29, 0.717) is 24.7 Å². The number of carboxylic acid groups (broad SMARTS) is 1. The number of methoxy groups -OCH3 is 1. The Labute approximate surface area is 106 Å². The fourth-order valence-corrected chi connectivity index (χ4v) is 2.28. The van der Waals surface area contributed by atoms with E-state index >= 15 is 0 Å². The smallest absolute Gasteiger partial charge is 0.329 e. The van der Waals surface area contributed by atoms with Crippen molar-refractivity contribution in [3.63, 3.8) is 0 Å². The van der Waals surface area contributed by atoms with E-state index in [-0.39, 0.29) is 0 Å². The molecule has 2 heterocycles. The highest BCUT2D eigenvalue weighted by Crippen LogP contribution is 2.32. The Morgan fingerprint density at radius 3 is 2.94 bits per heavy atom. The summed E-state index contributed by atoms with van der Waals surface area (Å²) in [6.45, 7) is 2.40. The molecule has 0 amide bonds. The topological polar surface area (TPSA) is 75.5 Å². The summed E-state index contributed by atoms with van der Waals surface area (Å²) in [6.07, 6.45) is 5.57. The molecule has 0 radical (unpaired) electrons. The van der Waals surface area contributed by atoms with Gasteiger partial charge in [-0.3, -0.25) is 4.98 Å². The molecule has 0 aromatic carbocycles. The number of carboxylic acids is 1. The van der Waals surface area contributed by atoms with E-state index < -0.39 is 11.5 Å². The van der Waals surface area contributed by atoms with Crippen LogP contribution in [0.2, 0.25) is 0 Å². The van der Waals surface area contributed by atoms with Gasteiger partial charge in [0.1, 0.15) is 5.54 Å². The van der Waals surface area contributed by atoms with Gasteiger partial charge in [-0.1, -0.05) is 0 Å². The lowest BCUT2D eigenvalue weighted by Crippen LogP contribution is -2.55. The van der Waals surface area contributed by atoms with Crippen molar-refractivity contribution in [2.75, 3.05) is 18.6 Å². The predicted molar refractivity (Wildman–Crippen MR) is 65.8 cm³/mol. The van der Waals surface area contributed by atoms with Crippen LogP contribution in [0.5, 0.6) is 5.88 Å². The van der Waals surface area contributed by atoms with Crippen LogP contribution < -0.4 is 9.64 Å². The van der Waals surface area contributed by atoms with Crippen molar-refractivity contribution in [1.82, 2.24) is 9.97 Å². The quantitative estimate of drug-likeness (QED) is 0.873. The van der Waals surface area contributed by atoms with Crippen LogP contribution in [-0.4, -0.2) is 40.2 Å². The zero-order valence-corrected chi connectivity index (χ0v) is 10.6. The lowest BCUT2D eigenvalue weighted by Gasteiger charge is -2.42. The van der Waals surface area contributed by atoms with E-state index in [2.05, 4.69) is 9.97 Å². The normalized spacial score (nSPS) is 23.8. The summed E-state index contributed by atoms with van der Waals surface area (Å²) in [5.74, 6) is 0.122. The number of aliphatic carboxylic acids is 1. The Balaban J connectivity index is 2.36. The molecule has 1 aliphatic heterocycles. The number of hydrogen-bond donors (Lipinski definition) is 1. The molecule has 1 fully saturated rings. The molecule has 0 bridgehead atoms. The van der Waals surface area contributed by atoms with Gasteiger partial charge in [-0.2, -0.15) is 4.98 Å². The van der Waals surface area contributed by atoms with Crippen molar-refractivity contribution in [3.8, 4) is 5.88 Å². The van der Waals surface area contributed by atoms with Crippen molar-refractivity contribution in [2.24, 2.45) is 0 Å². The van der Waals surface area contributed by atoms with Crippen LogP contribution in [0.15, 0.2) is 12.4 Å². The Bertz CT molecular complexity index is 452. The van der Waals surface area contributed by atoms with Gasteiger partial charge in [0.05, 0.1) is 19.5 Å². The molecule has 0 spiro atoms. The number of aromatic nitrogens is 2. The maximum absolute atomic E-state index is 11.5. The van der Waals surface area contributed by atoms with Crippen LogP contribution in [-0.2, 0) is 4.79 Å². The van der Waals surface area contributed by atoms with Crippen molar-refractivity contribution in [3.05, 3.63) is 12.4 Å². The van der Waals surface area contributed by atoms with Gasteiger partial charge in [0, 0.05) is 6.54 Å². The zero-order chi connectivity index (χ0) is 13.2. The summed E-state index contributed by atoms with van der Waals surface area (Å²) in [4.78, 5) is 21.6. The fraction of sp³-hybridized carbons (Fsp3) is 0.583. The molecule has 18 heavy (non-hydrogen) atoms. The highest BCUT2D eigenvalue weighted by molar-refractivity contribution is 5.82. The van der Waals surface area contributed by atoms with Gasteiger partial charge in [0.15, 0.2) is 5.82 Å². The Hall–Kier alpha value is -1.85. The van der Waals surface area contributed by atoms with Crippen molar-refractivity contribution < 1.29 is 14.6 Å². The van der Waals surface area contributed by atoms with Crippen LogP contribution in [0.25, 0.3) is 0 Å². The van der Waals surface area contributed by atoms with E-state index in [0.717, 1.165) is 12.8 Å². The van der Waals surface area contributed by atoms with Crippen LogP contribution in [0.4, 0.5) is 5.82 Å². The minimum Gasteiger partial charge on any atom is -0.480 e. The highest BCUT2D eigenvalue weighted by atomic mass is 16.5. The molecule has 1 N–H and O–H groups in total. The Morgan fingerprint density at radius 2 is 2.28 bits per heavy atom. The molecular weight excluding hydrogens is 234 g/mol. The summed E-state index contributed by atoms with van der Waals surface area (Å²) in [7, 11) is 1.51. The second kappa shape index (κ2) is 4.80. The number of piperidine rings is 1. The lowest BCUT2D eigenvalue weighted by atomic mass is 9.88. The van der Waals surface area contributed by atoms with Crippen LogP contribution in [0.1, 0.15) is 26.2 Å². The predicted octanol–water partition coefficient (Wildman–Crippen LogP) is 1.32. The minimum absolute atomic E-state index is 0.394. The first-order chi connectivity index (χ1) is 8.58. The lowest BCUT2D eigenvalue weighted by molar-refractivity contribution is -0.143. The zero-order valence-electron chi connectivity index (χ0n) is 10.6. The number of ether oxygens (including phenoxy) is 1. The van der Waals surface area contributed by atoms with E-state index in [1.165, 1.54) is 13.3 Å². The summed E-state index contributed by atoms with van der Waals surface area (Å²) in [5.41, 5.74) is -0.917. The SMILES string of the molecule is COc1cncc(N2CCCCC2(C)C(=O)O)n1. The first-order valence-corrected chi connectivity index (χ1v) is 5.95. The monoisotopic (exact) mass is 251 g/mol. The first kappa shape index (κ1) is 12.6. The number of hydrogen-bond acceptors (Lipinski definition) is 5. The molecular formula is C12H17N3O3. The van der Waals surface area contributed by atoms with Crippen molar-refractivity contribution in [1.29, 1.82) is 0 Å². The third kappa shape index (κ3) is 2.10. The van der Waals surface area contributed by atoms with Crippen LogP contribution in [0, 0.1) is 0 Å². The molecule has 6 heteroatoms. The van der Waals surface area contributed by atoms with Gasteiger partial charge in [-0.05, 0) is 26.2 Å². The van der Waals surface area contributed by atoms with Gasteiger partial charge in [-0.25, -0.2) is 4.79 Å². The summed E-state index contributed by atoms with van der Waals surface area (Å²) >= 11 is 0. The maximum atomic E-state index is 11.5. The Morgan fingerprint density at radius 1 is 1.50 bits per heavy atom. The second-order valence-corrected chi connectivity index (χ2v) is 4.61. The molecule has 1 aromatic rings. The van der Waals surface area contributed by atoms with Crippen LogP contribution in [0.3, 0.4) is 0 Å². The van der Waals surface area contributed by atoms with Crippen LogP contribution >= 0.6 is 0 Å². The molecule has 0 aliphatic carbocycles. The molecule has 1 aliphatic rings. The molecule has 1 atom stereocenters. The van der Waals surface area contributed by atoms with Crippen molar-refractivity contribution >= 4 is 11.8 Å². The van der Waals surface area contributed by atoms with E-state index in [1.54, 1.807) is 18.0 Å². The molecule has 1 aromatic heterocycles. The number of rotatable bonds is 3. The summed E-state index contributed by atoms with van der Waals surface area (Å²) < 4.78 is 5.03. The fourth-order valence-electron chi connectivity index (χ4n) is 2.28. The van der Waals surface area contributed by atoms with E-state index in [4.69, 9.17) is 4.74 Å². The van der Waals surface area contributed by atoms with Gasteiger partial charge in [0.2, 0.25) is 5.88 Å². The van der Waals surface area contributed by atoms with E-state index in [1.807, 2.05) is 0 Å². The molecule has 0 saturated carbocycles. The Kier molecular flexibility index (Phi) is 3.36. The number of nitrogens with zero attached hydrogens (tertiary/aromatic N) is 3. The molecule has 98 valence electrons. The van der Waals surface area contributed by atoms with Gasteiger partial charge in [0.25, 0.3) is 0 Å². The highest BCUT2D eigenvalue weighted by Gasteiger charge is 2.42. The average Bonchev–Trinajstić information content (AvgIpc) is 2.39. The summed E-state index contributed by atoms with van der Waals surface area (Å²) in [6, 6.07) is 0. The minimum atomic E-state index is -0.917. The summed E-state index contributed by atoms with van der Waals surface area (Å²) in [5, 5.41) is 9.43. The van der Waals surface area contributed by atoms with Gasteiger partial charge < -0.3 is 14.7 Å². The third-order valence-electron chi connectivity index (χ3n) is 3.44. The molecule has 6 nitrogen and oxygen atoms in total. The molecule has 1 unspecified atom stereocenters. The largest absolute Gasteiger partial charge is 0.480 e. The molecule has 2 rings (SSSR count). The third-order valence-corrected chi connectivity index (χ3v) is 3.44. The standard InChI is InChI=1S/C12H17N3O3/c1-12(11(16)17)5-3-4-6-15(12)9-7-13-8-10(14-9)18-2/h7-8H,3-6H2,1-2H3,(H,16,17). The number of anilines is 1. The number of carbonyl (C=O) groups is 1. The van der Waals surface area contributed by atoms with Gasteiger partial charge >= 0.3 is 5.97 Å². The van der Waals surface area contributed by atoms with E-state index in [9.17, 15) is 9.90 Å². The molecule has 1 saturated heterocycles. The second-order valence-electron chi connectivity index (χ2n) is 4.61. The van der Waals surface area contributed by atoms with Crippen molar-refractivity contribution in [2.45, 2.75) is 31.7 Å². The van der Waals surface area contributed by atoms with Gasteiger partial charge in [-0.15, -0.1) is 0 Å².